The van der Waals surface area contributed by atoms with Gasteiger partial charge in [-0.3, -0.25) is 4.79 Å². The van der Waals surface area contributed by atoms with Crippen molar-refractivity contribution in [3.63, 3.8) is 0 Å². The zero-order chi connectivity index (χ0) is 15.3. The van der Waals surface area contributed by atoms with E-state index in [4.69, 9.17) is 0 Å². The van der Waals surface area contributed by atoms with E-state index in [1.165, 1.54) is 0 Å². The lowest BCUT2D eigenvalue weighted by Gasteiger charge is -2.27. The van der Waals surface area contributed by atoms with Gasteiger partial charge >= 0.3 is 0 Å². The molecule has 114 valence electrons. The Bertz CT molecular complexity index is 748. The summed E-state index contributed by atoms with van der Waals surface area (Å²) in [5.74, 6) is 0.842. The normalized spacial score (nSPS) is 16.2. The second-order valence-corrected chi connectivity index (χ2v) is 5.86. The Labute approximate surface area is 128 Å². The van der Waals surface area contributed by atoms with Crippen LogP contribution in [0.2, 0.25) is 0 Å². The molecular weight excluding hydrogens is 280 g/mol. The van der Waals surface area contributed by atoms with Crippen molar-refractivity contribution in [3.05, 3.63) is 18.0 Å². The number of rotatable bonds is 3. The Morgan fingerprint density at radius 3 is 2.95 bits per heavy atom. The van der Waals surface area contributed by atoms with Crippen LogP contribution in [0.5, 0.6) is 0 Å². The van der Waals surface area contributed by atoms with Crippen molar-refractivity contribution in [2.75, 3.05) is 17.3 Å². The molecule has 1 saturated carbocycles. The number of aryl methyl sites for hydroxylation is 1. The van der Waals surface area contributed by atoms with E-state index in [1.807, 2.05) is 20.0 Å². The number of hydrogen-bond donors (Lipinski definition) is 1. The van der Waals surface area contributed by atoms with E-state index < -0.39 is 0 Å². The molecule has 0 radical (unpaired) electrons. The van der Waals surface area contributed by atoms with Gasteiger partial charge in [0.1, 0.15) is 11.4 Å². The van der Waals surface area contributed by atoms with Crippen LogP contribution in [0.3, 0.4) is 0 Å². The van der Waals surface area contributed by atoms with Crippen LogP contribution in [0.25, 0.3) is 11.3 Å². The third-order valence-corrected chi connectivity index (χ3v) is 4.15. The van der Waals surface area contributed by atoms with Gasteiger partial charge in [-0.1, -0.05) is 0 Å². The minimum atomic E-state index is 0.0670. The summed E-state index contributed by atoms with van der Waals surface area (Å²) in [4.78, 5) is 20.2. The molecule has 0 aromatic carbocycles. The summed E-state index contributed by atoms with van der Waals surface area (Å²) in [7, 11) is 1.99. The van der Waals surface area contributed by atoms with Crippen molar-refractivity contribution < 1.29 is 4.79 Å². The Morgan fingerprint density at radius 1 is 1.41 bits per heavy atom. The summed E-state index contributed by atoms with van der Waals surface area (Å²) in [6, 6.07) is 1.94. The fourth-order valence-electron chi connectivity index (χ4n) is 2.83. The summed E-state index contributed by atoms with van der Waals surface area (Å²) >= 11 is 0. The van der Waals surface area contributed by atoms with Gasteiger partial charge in [0, 0.05) is 24.7 Å². The van der Waals surface area contributed by atoms with E-state index in [9.17, 15) is 4.79 Å². The van der Waals surface area contributed by atoms with Gasteiger partial charge in [-0.25, -0.2) is 4.98 Å². The van der Waals surface area contributed by atoms with Gasteiger partial charge in [-0.05, 0) is 25.8 Å². The molecule has 1 aliphatic carbocycles. The Kier molecular flexibility index (Phi) is 2.88. The fraction of sp³-hybridized carbons (Fsp3) is 0.467. The average Bonchev–Trinajstić information content (AvgIpc) is 3.28. The Morgan fingerprint density at radius 2 is 2.23 bits per heavy atom. The lowest BCUT2D eigenvalue weighted by Crippen LogP contribution is -2.25. The average molecular weight is 298 g/mol. The van der Waals surface area contributed by atoms with E-state index in [2.05, 4.69) is 25.4 Å². The quantitative estimate of drug-likeness (QED) is 0.932. The molecule has 3 heterocycles. The summed E-state index contributed by atoms with van der Waals surface area (Å²) in [5.41, 5.74) is 3.75. The van der Waals surface area contributed by atoms with Gasteiger partial charge in [0.15, 0.2) is 5.82 Å². The van der Waals surface area contributed by atoms with Gasteiger partial charge in [0.2, 0.25) is 5.91 Å². The molecule has 2 aliphatic rings. The highest BCUT2D eigenvalue weighted by atomic mass is 16.2. The van der Waals surface area contributed by atoms with E-state index in [-0.39, 0.29) is 11.8 Å². The maximum absolute atomic E-state index is 12.1. The molecule has 7 heteroatoms. The molecule has 2 aromatic heterocycles. The van der Waals surface area contributed by atoms with E-state index in [1.54, 1.807) is 11.0 Å². The first-order chi connectivity index (χ1) is 10.7. The predicted octanol–water partition coefficient (Wildman–Crippen LogP) is 1.66. The molecule has 4 rings (SSSR count). The second kappa shape index (κ2) is 4.79. The van der Waals surface area contributed by atoms with Crippen molar-refractivity contribution in [3.8, 4) is 11.3 Å². The maximum Gasteiger partial charge on any atom is 0.228 e. The number of hydrogen-bond acceptors (Lipinski definition) is 5. The number of amides is 1. The number of fused-ring (bicyclic) bond motifs is 3. The first kappa shape index (κ1) is 13.2. The van der Waals surface area contributed by atoms with Crippen LogP contribution in [0.4, 0.5) is 11.5 Å². The van der Waals surface area contributed by atoms with Crippen molar-refractivity contribution in [1.82, 2.24) is 20.0 Å². The Hall–Kier alpha value is -2.44. The van der Waals surface area contributed by atoms with Gasteiger partial charge < -0.3 is 10.2 Å². The molecular formula is C15H18N6O. The number of aromatic nitrogens is 4. The monoisotopic (exact) mass is 298 g/mol. The zero-order valence-electron chi connectivity index (χ0n) is 12.7. The number of carbonyl (C=O) groups excluding carboxylic acids is 1. The number of pyridine rings is 1. The standard InChI is InChI=1S/C15H18N6O/c1-3-21-18-11-8-20(2)13-10(12(11)19-21)6-7-16-14(13)17-15(22)9-4-5-9/h6-7,9H,3-5,8H2,1-2H3,(H,16,17,22). The third kappa shape index (κ3) is 2.04. The first-order valence-corrected chi connectivity index (χ1v) is 7.62. The number of carbonyl (C=O) groups is 1. The fourth-order valence-corrected chi connectivity index (χ4v) is 2.83. The SMILES string of the molecule is CCn1nc2c(n1)-c1ccnc(NC(=O)C3CC3)c1N(C)C2. The molecule has 0 spiro atoms. The van der Waals surface area contributed by atoms with Crippen LogP contribution in [0.1, 0.15) is 25.5 Å². The van der Waals surface area contributed by atoms with Gasteiger partial charge in [-0.15, -0.1) is 0 Å². The Balaban J connectivity index is 1.78. The molecule has 0 bridgehead atoms. The molecule has 1 fully saturated rings. The largest absolute Gasteiger partial charge is 0.365 e. The molecule has 0 unspecified atom stereocenters. The minimum absolute atomic E-state index is 0.0670. The van der Waals surface area contributed by atoms with Crippen LogP contribution >= 0.6 is 0 Å². The second-order valence-electron chi connectivity index (χ2n) is 5.86. The number of nitrogens with zero attached hydrogens (tertiary/aromatic N) is 5. The summed E-state index contributed by atoms with van der Waals surface area (Å²) in [6.07, 6.45) is 3.67. The molecule has 0 saturated heterocycles. The highest BCUT2D eigenvalue weighted by Crippen LogP contribution is 2.41. The lowest BCUT2D eigenvalue weighted by molar-refractivity contribution is -0.117. The molecule has 2 aromatic rings. The van der Waals surface area contributed by atoms with Gasteiger partial charge in [0.25, 0.3) is 0 Å². The van der Waals surface area contributed by atoms with Crippen LogP contribution in [0, 0.1) is 5.92 Å². The molecule has 1 aliphatic heterocycles. The molecule has 1 amide bonds. The van der Waals surface area contributed by atoms with Crippen LogP contribution in [-0.4, -0.2) is 32.9 Å². The highest BCUT2D eigenvalue weighted by Gasteiger charge is 2.32. The molecule has 1 N–H and O–H groups in total. The number of anilines is 2. The summed E-state index contributed by atoms with van der Waals surface area (Å²) in [5, 5.41) is 12.0. The molecule has 7 nitrogen and oxygen atoms in total. The first-order valence-electron chi connectivity index (χ1n) is 7.62. The van der Waals surface area contributed by atoms with Crippen molar-refractivity contribution in [2.24, 2.45) is 5.92 Å². The molecule has 0 atom stereocenters. The predicted molar refractivity (Wildman–Crippen MR) is 82.4 cm³/mol. The molecule has 22 heavy (non-hydrogen) atoms. The van der Waals surface area contributed by atoms with Crippen molar-refractivity contribution in [2.45, 2.75) is 32.9 Å². The van der Waals surface area contributed by atoms with Crippen molar-refractivity contribution in [1.29, 1.82) is 0 Å². The topological polar surface area (TPSA) is 75.9 Å². The third-order valence-electron chi connectivity index (χ3n) is 4.15. The van der Waals surface area contributed by atoms with E-state index >= 15 is 0 Å². The number of nitrogens with one attached hydrogen (secondary N) is 1. The summed E-state index contributed by atoms with van der Waals surface area (Å²) < 4.78 is 0. The van der Waals surface area contributed by atoms with Crippen LogP contribution in [-0.2, 0) is 17.9 Å². The van der Waals surface area contributed by atoms with Gasteiger partial charge in [0.05, 0.1) is 18.8 Å². The highest BCUT2D eigenvalue weighted by molar-refractivity contribution is 5.99. The zero-order valence-corrected chi connectivity index (χ0v) is 12.7. The maximum atomic E-state index is 12.1. The minimum Gasteiger partial charge on any atom is -0.365 e. The lowest BCUT2D eigenvalue weighted by atomic mass is 10.0. The van der Waals surface area contributed by atoms with E-state index in [0.717, 1.165) is 42.0 Å². The smallest absolute Gasteiger partial charge is 0.228 e. The van der Waals surface area contributed by atoms with E-state index in [0.29, 0.717) is 12.4 Å². The van der Waals surface area contributed by atoms with Crippen LogP contribution in [0.15, 0.2) is 12.3 Å². The van der Waals surface area contributed by atoms with Crippen molar-refractivity contribution >= 4 is 17.4 Å². The van der Waals surface area contributed by atoms with Gasteiger partial charge in [-0.2, -0.15) is 15.0 Å². The van der Waals surface area contributed by atoms with Crippen LogP contribution < -0.4 is 10.2 Å². The summed E-state index contributed by atoms with van der Waals surface area (Å²) in [6.45, 7) is 3.42.